The van der Waals surface area contributed by atoms with Crippen molar-refractivity contribution in [1.82, 2.24) is 24.1 Å². The third-order valence-electron chi connectivity index (χ3n) is 9.78. The number of carbonyl (C=O) groups is 1. The highest BCUT2D eigenvalue weighted by atomic mass is 32.2. The van der Waals surface area contributed by atoms with Gasteiger partial charge in [-0.1, -0.05) is 0 Å². The van der Waals surface area contributed by atoms with Crippen molar-refractivity contribution in [3.8, 4) is 5.75 Å². The van der Waals surface area contributed by atoms with Crippen LogP contribution in [0.1, 0.15) is 66.6 Å². The summed E-state index contributed by atoms with van der Waals surface area (Å²) in [5.74, 6) is 0.470. The Morgan fingerprint density at radius 1 is 1.11 bits per heavy atom. The van der Waals surface area contributed by atoms with Crippen LogP contribution in [0.25, 0.3) is 0 Å². The number of aromatic nitrogens is 2. The summed E-state index contributed by atoms with van der Waals surface area (Å²) in [6.07, 6.45) is 10.2. The van der Waals surface area contributed by atoms with Crippen molar-refractivity contribution in [2.75, 3.05) is 26.8 Å². The fourth-order valence-corrected chi connectivity index (χ4v) is 9.41. The Morgan fingerprint density at radius 3 is 2.69 bits per heavy atom. The predicted octanol–water partition coefficient (Wildman–Crippen LogP) is 4.14. The van der Waals surface area contributed by atoms with Gasteiger partial charge in [0.2, 0.25) is 15.9 Å². The van der Waals surface area contributed by atoms with Crippen LogP contribution in [0.5, 0.6) is 5.75 Å². The number of methoxy groups -OCH3 is 1. The second kappa shape index (κ2) is 13.2. The van der Waals surface area contributed by atoms with Crippen molar-refractivity contribution in [2.24, 2.45) is 0 Å². The number of hydrogen-bond donors (Lipinski definition) is 1. The third kappa shape index (κ3) is 6.54. The van der Waals surface area contributed by atoms with Crippen LogP contribution in [0, 0.1) is 13.8 Å². The van der Waals surface area contributed by atoms with Gasteiger partial charge in [-0.25, -0.2) is 8.42 Å². The number of rotatable bonds is 9. The van der Waals surface area contributed by atoms with E-state index in [0.717, 1.165) is 50.9 Å². The average Bonchev–Trinajstić information content (AvgIpc) is 3.52. The zero-order valence-corrected chi connectivity index (χ0v) is 27.6. The lowest BCUT2D eigenvalue weighted by Gasteiger charge is -2.40. The molecule has 1 fully saturated rings. The van der Waals surface area contributed by atoms with E-state index in [9.17, 15) is 13.2 Å². The number of pyridine rings is 1. The maximum atomic E-state index is 14.2. The largest absolute Gasteiger partial charge is 0.497 e. The molecule has 0 spiro atoms. The molecule has 4 atom stereocenters. The summed E-state index contributed by atoms with van der Waals surface area (Å²) >= 11 is 0. The first kappa shape index (κ1) is 31.7. The second-order valence-electron chi connectivity index (χ2n) is 12.7. The monoisotopic (exact) mass is 635 g/mol. The van der Waals surface area contributed by atoms with E-state index in [2.05, 4.69) is 25.8 Å². The van der Waals surface area contributed by atoms with Crippen LogP contribution < -0.4 is 10.1 Å². The summed E-state index contributed by atoms with van der Waals surface area (Å²) < 4.78 is 43.5. The van der Waals surface area contributed by atoms with Gasteiger partial charge in [-0.2, -0.15) is 4.31 Å². The van der Waals surface area contributed by atoms with Crippen LogP contribution in [0.3, 0.4) is 0 Å². The first-order valence-corrected chi connectivity index (χ1v) is 17.5. The van der Waals surface area contributed by atoms with Gasteiger partial charge >= 0.3 is 0 Å². The molecule has 2 aliphatic heterocycles. The zero-order valence-electron chi connectivity index (χ0n) is 26.7. The van der Waals surface area contributed by atoms with E-state index in [1.807, 2.05) is 30.7 Å². The van der Waals surface area contributed by atoms with Crippen molar-refractivity contribution >= 4 is 15.9 Å². The van der Waals surface area contributed by atoms with Gasteiger partial charge in [0.25, 0.3) is 0 Å². The van der Waals surface area contributed by atoms with E-state index >= 15 is 0 Å². The van der Waals surface area contributed by atoms with E-state index in [-0.39, 0.29) is 18.6 Å². The minimum absolute atomic E-state index is 0.0708. The molecule has 1 N–H and O–H groups in total. The Bertz CT molecular complexity index is 1620. The maximum absolute atomic E-state index is 14.2. The highest BCUT2D eigenvalue weighted by Gasteiger charge is 2.39. The molecule has 3 aliphatic rings. The highest BCUT2D eigenvalue weighted by molar-refractivity contribution is 7.89. The Balaban J connectivity index is 1.11. The summed E-state index contributed by atoms with van der Waals surface area (Å²) in [5, 5.41) is 3.25. The molecule has 0 radical (unpaired) electrons. The molecule has 11 heteroatoms. The topological polar surface area (TPSA) is 106 Å². The van der Waals surface area contributed by atoms with Gasteiger partial charge in [-0.05, 0) is 105 Å². The normalized spacial score (nSPS) is 23.2. The number of nitrogens with one attached hydrogen (secondary N) is 1. The molecule has 1 saturated carbocycles. The lowest BCUT2D eigenvalue weighted by atomic mass is 9.88. The van der Waals surface area contributed by atoms with Crippen LogP contribution >= 0.6 is 0 Å². The molecule has 1 aromatic carbocycles. The summed E-state index contributed by atoms with van der Waals surface area (Å²) in [6, 6.07) is 9.44. The third-order valence-corrected chi connectivity index (χ3v) is 12.0. The number of benzene rings is 1. The molecule has 3 aromatic rings. The lowest BCUT2D eigenvalue weighted by Crippen LogP contribution is -2.49. The molecule has 45 heavy (non-hydrogen) atoms. The van der Waals surface area contributed by atoms with Crippen molar-refractivity contribution in [3.63, 3.8) is 0 Å². The smallest absolute Gasteiger partial charge is 0.249 e. The number of sulfonamides is 1. The van der Waals surface area contributed by atoms with Crippen LogP contribution in [0.2, 0.25) is 0 Å². The van der Waals surface area contributed by atoms with Crippen molar-refractivity contribution < 1.29 is 22.7 Å². The molecule has 0 saturated heterocycles. The standard InChI is InChI=1S/C34H45N5O5S/c1-23-17-30(43-4)18-24(2)33(23)45(41,42)39-16-15-37-13-6-9-31(37)32(39)22-44-25(3)34(40)36-28-7-5-8-29(19-28)38-14-11-26-20-35-12-10-27(26)21-38/h6,9-10,12-13,17-18,20,25,28-29,32H,5,7-8,11,14-16,19,21-22H2,1-4H3,(H,36,40). The maximum Gasteiger partial charge on any atom is 0.249 e. The van der Waals surface area contributed by atoms with Crippen molar-refractivity contribution in [1.29, 1.82) is 0 Å². The fraction of sp³-hybridized carbons (Fsp3) is 0.529. The Kier molecular flexibility index (Phi) is 9.33. The minimum atomic E-state index is -3.87. The number of fused-ring (bicyclic) bond motifs is 2. The molecule has 1 aliphatic carbocycles. The second-order valence-corrected chi connectivity index (χ2v) is 14.5. The number of aryl methyl sites for hydroxylation is 2. The quantitative estimate of drug-likeness (QED) is 0.377. The van der Waals surface area contributed by atoms with Gasteiger partial charge in [0.1, 0.15) is 11.9 Å². The van der Waals surface area contributed by atoms with Gasteiger partial charge in [-0.3, -0.25) is 14.7 Å². The molecule has 2 aromatic heterocycles. The number of amides is 1. The molecule has 10 nitrogen and oxygen atoms in total. The molecular weight excluding hydrogens is 590 g/mol. The minimum Gasteiger partial charge on any atom is -0.497 e. The summed E-state index contributed by atoms with van der Waals surface area (Å²) in [6.45, 7) is 8.22. The van der Waals surface area contributed by atoms with Crippen LogP contribution in [0.4, 0.5) is 0 Å². The SMILES string of the molecule is COc1cc(C)c(S(=O)(=O)N2CCn3cccc3C2COC(C)C(=O)NC2CCCC(N3CCc4cnccc4C3)C2)c(C)c1. The first-order valence-electron chi connectivity index (χ1n) is 16.1. The number of nitrogens with zero attached hydrogens (tertiary/aromatic N) is 4. The first-order chi connectivity index (χ1) is 21.7. The molecule has 1 amide bonds. The van der Waals surface area contributed by atoms with Crippen LogP contribution in [-0.4, -0.2) is 78.1 Å². The zero-order chi connectivity index (χ0) is 31.7. The van der Waals surface area contributed by atoms with Gasteiger partial charge in [0.05, 0.1) is 24.7 Å². The Labute approximate surface area is 266 Å². The molecule has 242 valence electrons. The van der Waals surface area contributed by atoms with Crippen molar-refractivity contribution in [3.05, 3.63) is 76.9 Å². The highest BCUT2D eigenvalue weighted by Crippen LogP contribution is 2.36. The van der Waals surface area contributed by atoms with Gasteiger partial charge in [0.15, 0.2) is 0 Å². The van der Waals surface area contributed by atoms with E-state index in [1.54, 1.807) is 40.0 Å². The summed E-state index contributed by atoms with van der Waals surface area (Å²) in [4.78, 5) is 20.5. The Hall–Kier alpha value is -3.25. The lowest BCUT2D eigenvalue weighted by molar-refractivity contribution is -0.133. The van der Waals surface area contributed by atoms with E-state index in [0.29, 0.717) is 40.9 Å². The van der Waals surface area contributed by atoms with Gasteiger partial charge in [-0.15, -0.1) is 0 Å². The van der Waals surface area contributed by atoms with Crippen LogP contribution in [0.15, 0.2) is 53.8 Å². The fourth-order valence-electron chi connectivity index (χ4n) is 7.42. The molecule has 4 unspecified atom stereocenters. The average molecular weight is 636 g/mol. The summed E-state index contributed by atoms with van der Waals surface area (Å²) in [7, 11) is -2.29. The predicted molar refractivity (Wildman–Crippen MR) is 171 cm³/mol. The van der Waals surface area contributed by atoms with E-state index < -0.39 is 22.2 Å². The van der Waals surface area contributed by atoms with Crippen molar-refractivity contribution in [2.45, 2.75) is 95.1 Å². The molecule has 6 rings (SSSR count). The summed E-state index contributed by atoms with van der Waals surface area (Å²) in [5.41, 5.74) is 4.82. The van der Waals surface area contributed by atoms with Crippen LogP contribution in [-0.2, 0) is 39.1 Å². The van der Waals surface area contributed by atoms with Gasteiger partial charge in [0, 0.05) is 62.5 Å². The molecular formula is C34H45N5O5S. The van der Waals surface area contributed by atoms with Gasteiger partial charge < -0.3 is 19.4 Å². The number of carbonyl (C=O) groups excluding carboxylic acids is 1. The molecule has 4 heterocycles. The van der Waals surface area contributed by atoms with E-state index in [1.165, 1.54) is 15.4 Å². The molecule has 0 bridgehead atoms. The number of hydrogen-bond acceptors (Lipinski definition) is 7. The number of ether oxygens (including phenoxy) is 2. The van der Waals surface area contributed by atoms with E-state index in [4.69, 9.17) is 9.47 Å². The Morgan fingerprint density at radius 2 is 1.91 bits per heavy atom.